The molecule has 26 heavy (non-hydrogen) atoms. The van der Waals surface area contributed by atoms with Crippen LogP contribution in [0.3, 0.4) is 0 Å². The molecule has 1 aliphatic rings. The third-order valence-electron chi connectivity index (χ3n) is 4.33. The number of benzene rings is 3. The van der Waals surface area contributed by atoms with Gasteiger partial charge in [0.15, 0.2) is 0 Å². The minimum Gasteiger partial charge on any atom is -0.410 e. The maximum atomic E-state index is 12.3. The molecule has 1 aliphatic heterocycles. The van der Waals surface area contributed by atoms with Gasteiger partial charge >= 0.3 is 6.09 Å². The molecule has 3 aromatic rings. The van der Waals surface area contributed by atoms with Crippen molar-refractivity contribution in [3.8, 4) is 5.75 Å². The fourth-order valence-corrected chi connectivity index (χ4v) is 3.78. The Labute approximate surface area is 164 Å². The average Bonchev–Trinajstić information content (AvgIpc) is 2.65. The Kier molecular flexibility index (Phi) is 4.50. The highest BCUT2D eigenvalue weighted by molar-refractivity contribution is 14.1. The molecule has 6 heteroatoms. The highest BCUT2D eigenvalue weighted by atomic mass is 127. The lowest BCUT2D eigenvalue weighted by Gasteiger charge is -2.23. The van der Waals surface area contributed by atoms with Crippen LogP contribution in [0.1, 0.15) is 12.0 Å². The second-order valence-corrected chi connectivity index (χ2v) is 6.97. The van der Waals surface area contributed by atoms with Gasteiger partial charge in [-0.05, 0) is 41.6 Å². The number of nitrogens with one attached hydrogen (secondary N) is 1. The van der Waals surface area contributed by atoms with Crippen LogP contribution in [0, 0.1) is 0 Å². The number of ether oxygens (including phenoxy) is 1. The first-order chi connectivity index (χ1) is 12.6. The van der Waals surface area contributed by atoms with E-state index in [-0.39, 0.29) is 5.91 Å². The van der Waals surface area contributed by atoms with Crippen LogP contribution in [0.15, 0.2) is 60.7 Å². The number of hydrogen-bond donors (Lipinski definition) is 1. The van der Waals surface area contributed by atoms with Crippen LogP contribution in [0.25, 0.3) is 10.8 Å². The van der Waals surface area contributed by atoms with Gasteiger partial charge in [-0.1, -0.05) is 36.4 Å². The molecule has 0 bridgehead atoms. The summed E-state index contributed by atoms with van der Waals surface area (Å²) in [5.41, 5.74) is 2.55. The van der Waals surface area contributed by atoms with Gasteiger partial charge in [0, 0.05) is 11.8 Å². The van der Waals surface area contributed by atoms with Gasteiger partial charge in [0.05, 0.1) is 34.2 Å². The number of hydrogen-bond acceptors (Lipinski definition) is 3. The summed E-state index contributed by atoms with van der Waals surface area (Å²) in [5, 5.41) is 4.80. The van der Waals surface area contributed by atoms with E-state index in [4.69, 9.17) is 4.74 Å². The molecule has 0 atom stereocenters. The largest absolute Gasteiger partial charge is 0.417 e. The van der Waals surface area contributed by atoms with E-state index in [0.717, 1.165) is 22.0 Å². The number of amides is 2. The summed E-state index contributed by atoms with van der Waals surface area (Å²) < 4.78 is 7.05. The Morgan fingerprint density at radius 1 is 1.04 bits per heavy atom. The van der Waals surface area contributed by atoms with Crippen molar-refractivity contribution in [2.45, 2.75) is 12.8 Å². The quantitative estimate of drug-likeness (QED) is 0.431. The first kappa shape index (κ1) is 16.8. The molecule has 0 spiro atoms. The standard InChI is InChI=1S/C20H15IN2O3/c21-23-18-10-9-15(12-14(18)8-11-19(23)24)26-20(25)22-17-7-3-5-13-4-1-2-6-16(13)17/h1-7,9-10,12H,8,11H2,(H,22,25). The summed E-state index contributed by atoms with van der Waals surface area (Å²) in [7, 11) is 0. The lowest BCUT2D eigenvalue weighted by atomic mass is 10.0. The summed E-state index contributed by atoms with van der Waals surface area (Å²) in [5.74, 6) is 0.543. The first-order valence-corrected chi connectivity index (χ1v) is 9.16. The van der Waals surface area contributed by atoms with Crippen molar-refractivity contribution in [2.75, 3.05) is 8.43 Å². The number of anilines is 2. The molecule has 1 N–H and O–H groups in total. The number of halogens is 1. The molecule has 0 saturated carbocycles. The fraction of sp³-hybridized carbons (Fsp3) is 0.100. The van der Waals surface area contributed by atoms with E-state index in [1.807, 2.05) is 71.4 Å². The fourth-order valence-electron chi connectivity index (χ4n) is 3.07. The van der Waals surface area contributed by atoms with Gasteiger partial charge in [0.25, 0.3) is 0 Å². The van der Waals surface area contributed by atoms with E-state index in [0.29, 0.717) is 24.3 Å². The topological polar surface area (TPSA) is 58.6 Å². The normalized spacial score (nSPS) is 13.4. The number of aryl methyl sites for hydroxylation is 1. The van der Waals surface area contributed by atoms with Gasteiger partial charge < -0.3 is 4.74 Å². The van der Waals surface area contributed by atoms with Crippen LogP contribution >= 0.6 is 22.9 Å². The summed E-state index contributed by atoms with van der Waals surface area (Å²) in [6, 6.07) is 18.9. The highest BCUT2D eigenvalue weighted by Gasteiger charge is 2.22. The molecule has 5 nitrogen and oxygen atoms in total. The van der Waals surface area contributed by atoms with Crippen molar-refractivity contribution >= 4 is 57.0 Å². The van der Waals surface area contributed by atoms with E-state index in [9.17, 15) is 9.59 Å². The maximum absolute atomic E-state index is 12.3. The van der Waals surface area contributed by atoms with Crippen molar-refractivity contribution in [1.82, 2.24) is 0 Å². The first-order valence-electron chi connectivity index (χ1n) is 8.20. The number of rotatable bonds is 2. The van der Waals surface area contributed by atoms with E-state index >= 15 is 0 Å². The zero-order valence-corrected chi connectivity index (χ0v) is 15.9. The van der Waals surface area contributed by atoms with Gasteiger partial charge in [-0.3, -0.25) is 13.2 Å². The van der Waals surface area contributed by atoms with Crippen LogP contribution in [0.5, 0.6) is 5.75 Å². The van der Waals surface area contributed by atoms with Crippen molar-refractivity contribution < 1.29 is 14.3 Å². The molecule has 4 rings (SSSR count). The molecular formula is C20H15IN2O3. The van der Waals surface area contributed by atoms with Gasteiger partial charge in [0.2, 0.25) is 5.91 Å². The summed E-state index contributed by atoms with van der Waals surface area (Å²) in [4.78, 5) is 24.1. The number of carbonyl (C=O) groups excluding carboxylic acids is 2. The second kappa shape index (κ2) is 6.95. The Bertz CT molecular complexity index is 1010. The summed E-state index contributed by atoms with van der Waals surface area (Å²) >= 11 is 2.00. The molecule has 1 heterocycles. The molecule has 0 aliphatic carbocycles. The predicted molar refractivity (Wildman–Crippen MR) is 110 cm³/mol. The number of nitrogens with zero attached hydrogens (tertiary/aromatic N) is 1. The van der Waals surface area contributed by atoms with Gasteiger partial charge in [0.1, 0.15) is 5.75 Å². The Hall–Kier alpha value is -2.61. The van der Waals surface area contributed by atoms with Gasteiger partial charge in [-0.15, -0.1) is 0 Å². The van der Waals surface area contributed by atoms with E-state index in [1.165, 1.54) is 0 Å². The number of fused-ring (bicyclic) bond motifs is 2. The van der Waals surface area contributed by atoms with Crippen molar-refractivity contribution in [3.63, 3.8) is 0 Å². The third kappa shape index (κ3) is 3.24. The van der Waals surface area contributed by atoms with Crippen molar-refractivity contribution in [1.29, 1.82) is 0 Å². The van der Waals surface area contributed by atoms with Crippen LogP contribution in [-0.2, 0) is 11.2 Å². The van der Waals surface area contributed by atoms with Crippen LogP contribution in [0.4, 0.5) is 16.2 Å². The SMILES string of the molecule is O=C(Nc1cccc2ccccc12)Oc1ccc2c(c1)CCC(=O)N2I. The Morgan fingerprint density at radius 2 is 1.85 bits per heavy atom. The minimum atomic E-state index is -0.542. The molecule has 3 aromatic carbocycles. The lowest BCUT2D eigenvalue weighted by Crippen LogP contribution is -2.25. The zero-order valence-electron chi connectivity index (χ0n) is 13.7. The van der Waals surface area contributed by atoms with Crippen LogP contribution in [-0.4, -0.2) is 12.0 Å². The maximum Gasteiger partial charge on any atom is 0.417 e. The third-order valence-corrected chi connectivity index (χ3v) is 5.38. The molecule has 0 saturated heterocycles. The molecule has 2 amide bonds. The summed E-state index contributed by atoms with van der Waals surface area (Å²) in [6.07, 6.45) is 0.566. The highest BCUT2D eigenvalue weighted by Crippen LogP contribution is 2.33. The van der Waals surface area contributed by atoms with Crippen molar-refractivity contribution in [3.05, 3.63) is 66.2 Å². The smallest absolute Gasteiger partial charge is 0.410 e. The van der Waals surface area contributed by atoms with Crippen LogP contribution in [0.2, 0.25) is 0 Å². The van der Waals surface area contributed by atoms with E-state index in [1.54, 1.807) is 15.2 Å². The Balaban J connectivity index is 1.53. The molecule has 0 aromatic heterocycles. The zero-order chi connectivity index (χ0) is 18.1. The lowest BCUT2D eigenvalue weighted by molar-refractivity contribution is -0.117. The molecule has 0 unspecified atom stereocenters. The van der Waals surface area contributed by atoms with E-state index in [2.05, 4.69) is 5.32 Å². The number of carbonyl (C=O) groups is 2. The molecule has 0 radical (unpaired) electrons. The Morgan fingerprint density at radius 3 is 2.73 bits per heavy atom. The molecular weight excluding hydrogens is 443 g/mol. The summed E-state index contributed by atoms with van der Waals surface area (Å²) in [6.45, 7) is 0. The molecule has 130 valence electrons. The van der Waals surface area contributed by atoms with Gasteiger partial charge in [-0.2, -0.15) is 0 Å². The van der Waals surface area contributed by atoms with Crippen molar-refractivity contribution in [2.24, 2.45) is 0 Å². The molecule has 0 fully saturated rings. The van der Waals surface area contributed by atoms with Gasteiger partial charge in [-0.25, -0.2) is 4.79 Å². The van der Waals surface area contributed by atoms with E-state index < -0.39 is 6.09 Å². The predicted octanol–water partition coefficient (Wildman–Crippen LogP) is 5.08. The second-order valence-electron chi connectivity index (χ2n) is 6.01. The van der Waals surface area contributed by atoms with Crippen LogP contribution < -0.4 is 13.2 Å². The monoisotopic (exact) mass is 458 g/mol. The average molecular weight is 458 g/mol. The minimum absolute atomic E-state index is 0.0838.